The van der Waals surface area contributed by atoms with Gasteiger partial charge in [0.2, 0.25) is 0 Å². The fraction of sp³-hybridized carbons (Fsp3) is 0.214. The number of carbonyl (C=O) groups excluding carboxylic acids is 1. The SMILES string of the molecule is C=C[C@]1(O)CCC(=O)/C=C\c2ccccc21. The van der Waals surface area contributed by atoms with Gasteiger partial charge in [-0.05, 0) is 23.6 Å². The lowest BCUT2D eigenvalue weighted by atomic mass is 9.83. The lowest BCUT2D eigenvalue weighted by Gasteiger charge is -2.27. The van der Waals surface area contributed by atoms with Gasteiger partial charge >= 0.3 is 0 Å². The molecule has 0 bridgehead atoms. The highest BCUT2D eigenvalue weighted by Crippen LogP contribution is 2.32. The van der Waals surface area contributed by atoms with Crippen molar-refractivity contribution in [3.05, 3.63) is 54.1 Å². The number of fused-ring (bicyclic) bond motifs is 1. The van der Waals surface area contributed by atoms with Gasteiger partial charge in [-0.3, -0.25) is 4.79 Å². The maximum absolute atomic E-state index is 11.4. The number of allylic oxidation sites excluding steroid dienone is 1. The van der Waals surface area contributed by atoms with Crippen molar-refractivity contribution in [3.8, 4) is 0 Å². The lowest BCUT2D eigenvalue weighted by Crippen LogP contribution is -2.25. The van der Waals surface area contributed by atoms with E-state index >= 15 is 0 Å². The molecule has 1 aliphatic rings. The Morgan fingerprint density at radius 2 is 2.06 bits per heavy atom. The average molecular weight is 214 g/mol. The van der Waals surface area contributed by atoms with E-state index in [0.29, 0.717) is 12.8 Å². The van der Waals surface area contributed by atoms with Crippen molar-refractivity contribution in [2.45, 2.75) is 18.4 Å². The molecule has 0 aliphatic heterocycles. The third kappa shape index (κ3) is 1.84. The summed E-state index contributed by atoms with van der Waals surface area (Å²) >= 11 is 0. The Morgan fingerprint density at radius 3 is 2.81 bits per heavy atom. The lowest BCUT2D eigenvalue weighted by molar-refractivity contribution is -0.115. The minimum absolute atomic E-state index is 0.0368. The zero-order chi connectivity index (χ0) is 11.6. The quantitative estimate of drug-likeness (QED) is 0.729. The van der Waals surface area contributed by atoms with Gasteiger partial charge in [-0.2, -0.15) is 0 Å². The van der Waals surface area contributed by atoms with Crippen molar-refractivity contribution in [2.75, 3.05) is 0 Å². The summed E-state index contributed by atoms with van der Waals surface area (Å²) in [6.07, 6.45) is 5.56. The van der Waals surface area contributed by atoms with E-state index in [4.69, 9.17) is 0 Å². The number of carbonyl (C=O) groups is 1. The molecular weight excluding hydrogens is 200 g/mol. The predicted octanol–water partition coefficient (Wildman–Crippen LogP) is 2.44. The summed E-state index contributed by atoms with van der Waals surface area (Å²) in [5.74, 6) is 0.0368. The van der Waals surface area contributed by atoms with Crippen molar-refractivity contribution < 1.29 is 9.90 Å². The first-order valence-electron chi connectivity index (χ1n) is 5.32. The van der Waals surface area contributed by atoms with E-state index in [-0.39, 0.29) is 5.78 Å². The molecule has 0 heterocycles. The Morgan fingerprint density at radius 1 is 1.31 bits per heavy atom. The molecule has 1 atom stereocenters. The minimum Gasteiger partial charge on any atom is -0.381 e. The maximum Gasteiger partial charge on any atom is 0.155 e. The van der Waals surface area contributed by atoms with Crippen molar-refractivity contribution in [1.82, 2.24) is 0 Å². The standard InChI is InChI=1S/C14H14O2/c1-2-14(16)10-9-12(15)8-7-11-5-3-4-6-13(11)14/h2-8,16H,1,9-10H2/b8-7-/t14-/m0/s1. The van der Waals surface area contributed by atoms with Gasteiger partial charge in [0.15, 0.2) is 5.78 Å². The molecule has 0 radical (unpaired) electrons. The van der Waals surface area contributed by atoms with Crippen molar-refractivity contribution >= 4 is 11.9 Å². The van der Waals surface area contributed by atoms with Crippen LogP contribution in [0.4, 0.5) is 0 Å². The van der Waals surface area contributed by atoms with E-state index in [0.717, 1.165) is 11.1 Å². The molecule has 1 aromatic rings. The second-order valence-corrected chi connectivity index (χ2v) is 4.02. The van der Waals surface area contributed by atoms with Crippen LogP contribution in [0, 0.1) is 0 Å². The Hall–Kier alpha value is -1.67. The fourth-order valence-electron chi connectivity index (χ4n) is 1.96. The number of hydrogen-bond acceptors (Lipinski definition) is 2. The number of aliphatic hydroxyl groups is 1. The Balaban J connectivity index is 2.60. The highest BCUT2D eigenvalue weighted by atomic mass is 16.3. The second kappa shape index (κ2) is 4.06. The molecule has 0 amide bonds. The van der Waals surface area contributed by atoms with Crippen LogP contribution in [0.15, 0.2) is 43.0 Å². The normalized spacial score (nSPS) is 26.4. The van der Waals surface area contributed by atoms with Crippen LogP contribution in [-0.4, -0.2) is 10.9 Å². The smallest absolute Gasteiger partial charge is 0.155 e. The van der Waals surface area contributed by atoms with Gasteiger partial charge in [0, 0.05) is 6.42 Å². The molecule has 16 heavy (non-hydrogen) atoms. The first-order chi connectivity index (χ1) is 7.65. The number of rotatable bonds is 1. The van der Waals surface area contributed by atoms with Crippen LogP contribution in [-0.2, 0) is 10.4 Å². The molecule has 2 rings (SSSR count). The topological polar surface area (TPSA) is 37.3 Å². The van der Waals surface area contributed by atoms with Gasteiger partial charge in [0.1, 0.15) is 5.60 Å². The Kier molecular flexibility index (Phi) is 2.75. The van der Waals surface area contributed by atoms with Gasteiger partial charge in [0.25, 0.3) is 0 Å². The molecule has 0 spiro atoms. The van der Waals surface area contributed by atoms with Gasteiger partial charge in [-0.25, -0.2) is 0 Å². The van der Waals surface area contributed by atoms with Gasteiger partial charge < -0.3 is 5.11 Å². The Labute approximate surface area is 94.9 Å². The molecule has 82 valence electrons. The van der Waals surface area contributed by atoms with Crippen LogP contribution in [0.2, 0.25) is 0 Å². The number of benzene rings is 1. The van der Waals surface area contributed by atoms with Crippen LogP contribution in [0.3, 0.4) is 0 Å². The Bertz CT molecular complexity index is 460. The summed E-state index contributed by atoms with van der Waals surface area (Å²) in [5, 5.41) is 10.5. The number of ketones is 1. The third-order valence-corrected chi connectivity index (χ3v) is 2.97. The zero-order valence-corrected chi connectivity index (χ0v) is 9.02. The summed E-state index contributed by atoms with van der Waals surface area (Å²) < 4.78 is 0. The van der Waals surface area contributed by atoms with Crippen LogP contribution in [0.25, 0.3) is 6.08 Å². The summed E-state index contributed by atoms with van der Waals surface area (Å²) in [5.41, 5.74) is 0.587. The molecule has 0 aromatic heterocycles. The zero-order valence-electron chi connectivity index (χ0n) is 9.02. The van der Waals surface area contributed by atoms with Crippen molar-refractivity contribution in [1.29, 1.82) is 0 Å². The molecule has 0 saturated heterocycles. The molecule has 1 aliphatic carbocycles. The summed E-state index contributed by atoms with van der Waals surface area (Å²) in [7, 11) is 0. The van der Waals surface area contributed by atoms with Gasteiger partial charge in [0.05, 0.1) is 0 Å². The van der Waals surface area contributed by atoms with E-state index in [1.807, 2.05) is 24.3 Å². The van der Waals surface area contributed by atoms with Gasteiger partial charge in [-0.15, -0.1) is 0 Å². The molecule has 0 saturated carbocycles. The third-order valence-electron chi connectivity index (χ3n) is 2.97. The highest BCUT2D eigenvalue weighted by Gasteiger charge is 2.28. The molecule has 2 heteroatoms. The largest absolute Gasteiger partial charge is 0.381 e. The molecule has 1 N–H and O–H groups in total. The molecule has 2 nitrogen and oxygen atoms in total. The van der Waals surface area contributed by atoms with Crippen LogP contribution >= 0.6 is 0 Å². The summed E-state index contributed by atoms with van der Waals surface area (Å²) in [6, 6.07) is 7.53. The van der Waals surface area contributed by atoms with E-state index in [9.17, 15) is 9.90 Å². The van der Waals surface area contributed by atoms with Crippen molar-refractivity contribution in [3.63, 3.8) is 0 Å². The second-order valence-electron chi connectivity index (χ2n) is 4.02. The summed E-state index contributed by atoms with van der Waals surface area (Å²) in [6.45, 7) is 3.67. The van der Waals surface area contributed by atoms with E-state index in [1.165, 1.54) is 6.08 Å². The van der Waals surface area contributed by atoms with Gasteiger partial charge in [-0.1, -0.05) is 43.0 Å². The fourth-order valence-corrected chi connectivity index (χ4v) is 1.96. The van der Waals surface area contributed by atoms with E-state index in [1.54, 1.807) is 12.2 Å². The van der Waals surface area contributed by atoms with E-state index in [2.05, 4.69) is 6.58 Å². The first-order valence-corrected chi connectivity index (χ1v) is 5.32. The minimum atomic E-state index is -1.10. The van der Waals surface area contributed by atoms with Crippen molar-refractivity contribution in [2.24, 2.45) is 0 Å². The summed E-state index contributed by atoms with van der Waals surface area (Å²) in [4.78, 5) is 11.4. The molecule has 1 aromatic carbocycles. The maximum atomic E-state index is 11.4. The van der Waals surface area contributed by atoms with Crippen LogP contribution in [0.1, 0.15) is 24.0 Å². The molecular formula is C14H14O2. The highest BCUT2D eigenvalue weighted by molar-refractivity contribution is 5.94. The molecule has 0 fully saturated rings. The number of hydrogen-bond donors (Lipinski definition) is 1. The predicted molar refractivity (Wildman–Crippen MR) is 63.8 cm³/mol. The first kappa shape index (κ1) is 10.8. The monoisotopic (exact) mass is 214 g/mol. The molecule has 0 unspecified atom stereocenters. The van der Waals surface area contributed by atoms with Crippen LogP contribution < -0.4 is 0 Å². The average Bonchev–Trinajstić information content (AvgIpc) is 2.32. The van der Waals surface area contributed by atoms with E-state index < -0.39 is 5.60 Å². The van der Waals surface area contributed by atoms with Crippen LogP contribution in [0.5, 0.6) is 0 Å².